The highest BCUT2D eigenvalue weighted by atomic mass is 16.5. The van der Waals surface area contributed by atoms with Crippen LogP contribution in [0.15, 0.2) is 54.6 Å². The summed E-state index contributed by atoms with van der Waals surface area (Å²) in [5.74, 6) is 1.48. The number of nitrogens with zero attached hydrogens (tertiary/aromatic N) is 1. The molecule has 1 aliphatic rings. The molecule has 2 aromatic carbocycles. The lowest BCUT2D eigenvalue weighted by molar-refractivity contribution is 0.145. The van der Waals surface area contributed by atoms with Gasteiger partial charge in [0, 0.05) is 19.6 Å². The lowest BCUT2D eigenvalue weighted by atomic mass is 9.98. The molecule has 132 valence electrons. The fourth-order valence-corrected chi connectivity index (χ4v) is 3.11. The topological polar surface area (TPSA) is 41.6 Å². The second-order valence-corrected chi connectivity index (χ2v) is 6.65. The van der Waals surface area contributed by atoms with Gasteiger partial charge in [-0.2, -0.15) is 0 Å². The molecule has 0 saturated carbocycles. The number of rotatable bonds is 5. The molecule has 4 heteroatoms. The molecule has 1 saturated heterocycles. The SMILES string of the molecule is Cc1ccccc1OCC1CCN(C(=O)NCc2ccccc2)CC1. The molecule has 2 aromatic rings. The van der Waals surface area contributed by atoms with Gasteiger partial charge >= 0.3 is 6.03 Å². The van der Waals surface area contributed by atoms with Crippen LogP contribution >= 0.6 is 0 Å². The van der Waals surface area contributed by atoms with Crippen molar-refractivity contribution in [2.75, 3.05) is 19.7 Å². The second kappa shape index (κ2) is 8.56. The van der Waals surface area contributed by atoms with Gasteiger partial charge in [-0.3, -0.25) is 0 Å². The van der Waals surface area contributed by atoms with Crippen LogP contribution in [0.5, 0.6) is 5.75 Å². The smallest absolute Gasteiger partial charge is 0.317 e. The number of nitrogens with one attached hydrogen (secondary N) is 1. The minimum Gasteiger partial charge on any atom is -0.493 e. The van der Waals surface area contributed by atoms with Gasteiger partial charge in [0.2, 0.25) is 0 Å². The van der Waals surface area contributed by atoms with Gasteiger partial charge in [-0.15, -0.1) is 0 Å². The fourth-order valence-electron chi connectivity index (χ4n) is 3.11. The summed E-state index contributed by atoms with van der Waals surface area (Å²) in [5.41, 5.74) is 2.29. The van der Waals surface area contributed by atoms with E-state index >= 15 is 0 Å². The van der Waals surface area contributed by atoms with Gasteiger partial charge in [-0.1, -0.05) is 48.5 Å². The number of para-hydroxylation sites is 1. The molecule has 0 aromatic heterocycles. The van der Waals surface area contributed by atoms with Crippen molar-refractivity contribution in [3.63, 3.8) is 0 Å². The number of carbonyl (C=O) groups excluding carboxylic acids is 1. The summed E-state index contributed by atoms with van der Waals surface area (Å²) in [4.78, 5) is 14.2. The molecule has 0 atom stereocenters. The summed E-state index contributed by atoms with van der Waals surface area (Å²) in [7, 11) is 0. The number of piperidine rings is 1. The summed E-state index contributed by atoms with van der Waals surface area (Å²) in [6.45, 7) is 4.96. The first-order valence-corrected chi connectivity index (χ1v) is 8.97. The lowest BCUT2D eigenvalue weighted by Gasteiger charge is -2.32. The Labute approximate surface area is 149 Å². The first-order valence-electron chi connectivity index (χ1n) is 8.97. The zero-order chi connectivity index (χ0) is 17.5. The number of likely N-dealkylation sites (tertiary alicyclic amines) is 1. The van der Waals surface area contributed by atoms with Gasteiger partial charge in [0.05, 0.1) is 6.61 Å². The average molecular weight is 338 g/mol. The Morgan fingerprint density at radius 2 is 1.76 bits per heavy atom. The van der Waals surface area contributed by atoms with E-state index < -0.39 is 0 Å². The summed E-state index contributed by atoms with van der Waals surface area (Å²) >= 11 is 0. The third-order valence-corrected chi connectivity index (χ3v) is 4.76. The van der Waals surface area contributed by atoms with E-state index in [-0.39, 0.29) is 6.03 Å². The van der Waals surface area contributed by atoms with Crippen LogP contribution in [0.1, 0.15) is 24.0 Å². The van der Waals surface area contributed by atoms with Gasteiger partial charge in [0.15, 0.2) is 0 Å². The molecule has 1 aliphatic heterocycles. The Hall–Kier alpha value is -2.49. The molecule has 0 spiro atoms. The maximum atomic E-state index is 12.3. The van der Waals surface area contributed by atoms with Crippen LogP contribution in [0.3, 0.4) is 0 Å². The van der Waals surface area contributed by atoms with Gasteiger partial charge in [0.1, 0.15) is 5.75 Å². The quantitative estimate of drug-likeness (QED) is 0.895. The maximum absolute atomic E-state index is 12.3. The molecule has 1 N–H and O–H groups in total. The Kier molecular flexibility index (Phi) is 5.94. The van der Waals surface area contributed by atoms with E-state index in [2.05, 4.69) is 18.3 Å². The van der Waals surface area contributed by atoms with E-state index in [0.717, 1.165) is 43.9 Å². The molecule has 0 radical (unpaired) electrons. The van der Waals surface area contributed by atoms with E-state index in [9.17, 15) is 4.79 Å². The molecule has 0 aliphatic carbocycles. The monoisotopic (exact) mass is 338 g/mol. The zero-order valence-corrected chi connectivity index (χ0v) is 14.8. The number of hydrogen-bond acceptors (Lipinski definition) is 2. The number of ether oxygens (including phenoxy) is 1. The van der Waals surface area contributed by atoms with Crippen molar-refractivity contribution < 1.29 is 9.53 Å². The van der Waals surface area contributed by atoms with Crippen LogP contribution in [0.2, 0.25) is 0 Å². The maximum Gasteiger partial charge on any atom is 0.317 e. The molecule has 1 fully saturated rings. The van der Waals surface area contributed by atoms with Gasteiger partial charge in [-0.05, 0) is 42.9 Å². The molecule has 0 bridgehead atoms. The Morgan fingerprint density at radius 3 is 2.48 bits per heavy atom. The van der Waals surface area contributed by atoms with Crippen LogP contribution in [0.25, 0.3) is 0 Å². The zero-order valence-electron chi connectivity index (χ0n) is 14.8. The van der Waals surface area contributed by atoms with E-state index in [1.807, 2.05) is 53.4 Å². The van der Waals surface area contributed by atoms with Gasteiger partial charge < -0.3 is 15.0 Å². The number of hydrogen-bond donors (Lipinski definition) is 1. The molecule has 2 amide bonds. The van der Waals surface area contributed by atoms with Crippen LogP contribution < -0.4 is 10.1 Å². The van der Waals surface area contributed by atoms with Crippen LogP contribution in [-0.4, -0.2) is 30.6 Å². The molecule has 3 rings (SSSR count). The summed E-state index contributed by atoms with van der Waals surface area (Å²) in [6, 6.07) is 18.1. The van der Waals surface area contributed by atoms with E-state index in [1.54, 1.807) is 0 Å². The van der Waals surface area contributed by atoms with Crippen molar-refractivity contribution in [2.24, 2.45) is 5.92 Å². The highest BCUT2D eigenvalue weighted by Gasteiger charge is 2.23. The predicted molar refractivity (Wildman–Crippen MR) is 99.6 cm³/mol. The molecule has 0 unspecified atom stereocenters. The summed E-state index contributed by atoms with van der Waals surface area (Å²) in [5, 5.41) is 3.00. The van der Waals surface area contributed by atoms with Gasteiger partial charge in [0.25, 0.3) is 0 Å². The minimum absolute atomic E-state index is 0.0297. The van der Waals surface area contributed by atoms with Crippen molar-refractivity contribution >= 4 is 6.03 Å². The Balaban J connectivity index is 1.39. The second-order valence-electron chi connectivity index (χ2n) is 6.65. The molecule has 4 nitrogen and oxygen atoms in total. The normalized spacial score (nSPS) is 15.0. The van der Waals surface area contributed by atoms with E-state index in [0.29, 0.717) is 12.5 Å². The van der Waals surface area contributed by atoms with Crippen LogP contribution in [0.4, 0.5) is 4.79 Å². The molecule has 1 heterocycles. The van der Waals surface area contributed by atoms with Gasteiger partial charge in [-0.25, -0.2) is 4.79 Å². The van der Waals surface area contributed by atoms with Crippen molar-refractivity contribution in [1.29, 1.82) is 0 Å². The molecule has 25 heavy (non-hydrogen) atoms. The summed E-state index contributed by atoms with van der Waals surface area (Å²) in [6.07, 6.45) is 1.98. The number of urea groups is 1. The summed E-state index contributed by atoms with van der Waals surface area (Å²) < 4.78 is 5.96. The highest BCUT2D eigenvalue weighted by Crippen LogP contribution is 2.21. The largest absolute Gasteiger partial charge is 0.493 e. The van der Waals surface area contributed by atoms with Crippen molar-refractivity contribution in [3.05, 3.63) is 65.7 Å². The van der Waals surface area contributed by atoms with Crippen molar-refractivity contribution in [3.8, 4) is 5.75 Å². The Bertz CT molecular complexity index is 679. The standard InChI is InChI=1S/C21H26N2O2/c1-17-7-5-6-10-20(17)25-16-19-11-13-23(14-12-19)21(24)22-15-18-8-3-2-4-9-18/h2-10,19H,11-16H2,1H3,(H,22,24). The molecular formula is C21H26N2O2. The first-order chi connectivity index (χ1) is 12.2. The van der Waals surface area contributed by atoms with Crippen molar-refractivity contribution in [2.45, 2.75) is 26.3 Å². The van der Waals surface area contributed by atoms with Crippen molar-refractivity contribution in [1.82, 2.24) is 10.2 Å². The minimum atomic E-state index is 0.0297. The number of amides is 2. The fraction of sp³-hybridized carbons (Fsp3) is 0.381. The third kappa shape index (κ3) is 4.99. The first kappa shape index (κ1) is 17.3. The third-order valence-electron chi connectivity index (χ3n) is 4.76. The highest BCUT2D eigenvalue weighted by molar-refractivity contribution is 5.74. The lowest BCUT2D eigenvalue weighted by Crippen LogP contribution is -2.44. The average Bonchev–Trinajstić information content (AvgIpc) is 2.67. The number of carbonyl (C=O) groups is 1. The van der Waals surface area contributed by atoms with Crippen LogP contribution in [0, 0.1) is 12.8 Å². The Morgan fingerprint density at radius 1 is 1.08 bits per heavy atom. The van der Waals surface area contributed by atoms with Crippen LogP contribution in [-0.2, 0) is 6.54 Å². The predicted octanol–water partition coefficient (Wildman–Crippen LogP) is 4.00. The number of benzene rings is 2. The van der Waals surface area contributed by atoms with E-state index in [1.165, 1.54) is 5.56 Å². The molecular weight excluding hydrogens is 312 g/mol. The number of aryl methyl sites for hydroxylation is 1. The van der Waals surface area contributed by atoms with E-state index in [4.69, 9.17) is 4.74 Å².